The van der Waals surface area contributed by atoms with Crippen LogP contribution in [-0.4, -0.2) is 37.6 Å². The molecule has 7 heteroatoms. The number of carbonyl (C=O) groups excluding carboxylic acids is 2. The van der Waals surface area contributed by atoms with Gasteiger partial charge < -0.3 is 25.1 Å². The summed E-state index contributed by atoms with van der Waals surface area (Å²) >= 11 is 0. The molecule has 1 heterocycles. The van der Waals surface area contributed by atoms with Crippen molar-refractivity contribution >= 4 is 28.8 Å². The van der Waals surface area contributed by atoms with Crippen LogP contribution in [0, 0.1) is 0 Å². The second-order valence-corrected chi connectivity index (χ2v) is 10.3. The van der Waals surface area contributed by atoms with Crippen LogP contribution in [-0.2, 0) is 16.6 Å². The molecule has 0 aliphatic heterocycles. The Kier molecular flexibility index (Phi) is 8.39. The first-order valence-corrected chi connectivity index (χ1v) is 12.9. The fourth-order valence-electron chi connectivity index (χ4n) is 4.33. The molecule has 4 rings (SSSR count). The highest BCUT2D eigenvalue weighted by Crippen LogP contribution is 2.28. The lowest BCUT2D eigenvalue weighted by Gasteiger charge is -2.19. The summed E-state index contributed by atoms with van der Waals surface area (Å²) in [6.45, 7) is 6.76. The van der Waals surface area contributed by atoms with E-state index in [1.807, 2.05) is 36.5 Å². The molecule has 4 aromatic rings. The Hall–Kier alpha value is -4.52. The Morgan fingerprint density at radius 3 is 2.33 bits per heavy atom. The van der Waals surface area contributed by atoms with Crippen molar-refractivity contribution in [2.45, 2.75) is 32.6 Å². The second-order valence-electron chi connectivity index (χ2n) is 10.3. The third kappa shape index (κ3) is 6.68. The Morgan fingerprint density at radius 2 is 1.64 bits per heavy atom. The summed E-state index contributed by atoms with van der Waals surface area (Å²) < 4.78 is 10.7. The molecule has 7 nitrogen and oxygen atoms in total. The Morgan fingerprint density at radius 1 is 0.923 bits per heavy atom. The van der Waals surface area contributed by atoms with Crippen LogP contribution in [0.4, 0.5) is 0 Å². The van der Waals surface area contributed by atoms with Crippen LogP contribution in [0.15, 0.2) is 78.6 Å². The van der Waals surface area contributed by atoms with E-state index in [1.54, 1.807) is 50.6 Å². The number of aromatic nitrogens is 1. The highest BCUT2D eigenvalue weighted by molar-refractivity contribution is 6.05. The zero-order valence-corrected chi connectivity index (χ0v) is 23.1. The van der Waals surface area contributed by atoms with Gasteiger partial charge in [0.05, 0.1) is 14.2 Å². The monoisotopic (exact) mass is 525 g/mol. The molecule has 3 N–H and O–H groups in total. The predicted molar refractivity (Wildman–Crippen MR) is 155 cm³/mol. The van der Waals surface area contributed by atoms with E-state index < -0.39 is 0 Å². The van der Waals surface area contributed by atoms with Crippen molar-refractivity contribution in [3.8, 4) is 11.5 Å². The van der Waals surface area contributed by atoms with Gasteiger partial charge in [-0.2, -0.15) is 0 Å². The zero-order valence-electron chi connectivity index (χ0n) is 23.1. The molecule has 0 fully saturated rings. The lowest BCUT2D eigenvalue weighted by Crippen LogP contribution is -2.35. The van der Waals surface area contributed by atoms with Crippen LogP contribution in [0.25, 0.3) is 17.0 Å². The number of benzene rings is 3. The molecule has 0 unspecified atom stereocenters. The average Bonchev–Trinajstić information content (AvgIpc) is 3.35. The Balaban J connectivity index is 1.55. The molecule has 2 amide bonds. The first kappa shape index (κ1) is 27.5. The van der Waals surface area contributed by atoms with Crippen LogP contribution >= 0.6 is 0 Å². The van der Waals surface area contributed by atoms with Gasteiger partial charge >= 0.3 is 0 Å². The summed E-state index contributed by atoms with van der Waals surface area (Å²) in [6, 6.07) is 20.8. The molecule has 202 valence electrons. The Bertz CT molecular complexity index is 1490. The first-order chi connectivity index (χ1) is 18.7. The van der Waals surface area contributed by atoms with Crippen LogP contribution in [0.2, 0.25) is 0 Å². The summed E-state index contributed by atoms with van der Waals surface area (Å²) in [5, 5.41) is 6.89. The van der Waals surface area contributed by atoms with Gasteiger partial charge in [0.1, 0.15) is 5.70 Å². The number of aromatic amines is 1. The summed E-state index contributed by atoms with van der Waals surface area (Å²) in [7, 11) is 3.11. The van der Waals surface area contributed by atoms with E-state index >= 15 is 0 Å². The SMILES string of the molecule is COc1ccc(/C=C(\NC(=O)c2ccc(C(C)(C)C)cc2)C(=O)NCCc2c[nH]c3ccccc23)cc1OC. The third-order valence-electron chi connectivity index (χ3n) is 6.58. The van der Waals surface area contributed by atoms with Crippen molar-refractivity contribution in [3.05, 3.63) is 101 Å². The van der Waals surface area contributed by atoms with Gasteiger partial charge in [-0.05, 0) is 64.9 Å². The quantitative estimate of drug-likeness (QED) is 0.248. The van der Waals surface area contributed by atoms with Gasteiger partial charge in [0.2, 0.25) is 0 Å². The maximum atomic E-state index is 13.3. The number of rotatable bonds is 9. The number of amides is 2. The molecule has 0 saturated heterocycles. The molecule has 0 radical (unpaired) electrons. The number of ether oxygens (including phenoxy) is 2. The van der Waals surface area contributed by atoms with E-state index in [2.05, 4.69) is 42.5 Å². The van der Waals surface area contributed by atoms with Gasteiger partial charge in [0.15, 0.2) is 11.5 Å². The average molecular weight is 526 g/mol. The van der Waals surface area contributed by atoms with E-state index in [-0.39, 0.29) is 22.9 Å². The number of carbonyl (C=O) groups is 2. The van der Waals surface area contributed by atoms with Crippen molar-refractivity contribution < 1.29 is 19.1 Å². The van der Waals surface area contributed by atoms with E-state index in [0.717, 1.165) is 22.0 Å². The minimum atomic E-state index is -0.385. The fourth-order valence-corrected chi connectivity index (χ4v) is 4.33. The van der Waals surface area contributed by atoms with Crippen molar-refractivity contribution in [2.75, 3.05) is 20.8 Å². The van der Waals surface area contributed by atoms with E-state index in [9.17, 15) is 9.59 Å². The van der Waals surface area contributed by atoms with Gasteiger partial charge in [0.25, 0.3) is 11.8 Å². The molecule has 0 spiro atoms. The molecule has 0 aliphatic rings. The van der Waals surface area contributed by atoms with E-state index in [4.69, 9.17) is 9.47 Å². The summed E-state index contributed by atoms with van der Waals surface area (Å²) in [5.74, 6) is 0.343. The molecular formula is C32H35N3O4. The molecule has 39 heavy (non-hydrogen) atoms. The van der Waals surface area contributed by atoms with Crippen LogP contribution in [0.3, 0.4) is 0 Å². The number of fused-ring (bicyclic) bond motifs is 1. The summed E-state index contributed by atoms with van der Waals surface area (Å²) in [5.41, 5.74) is 4.53. The number of hydrogen-bond donors (Lipinski definition) is 3. The molecule has 0 aliphatic carbocycles. The van der Waals surface area contributed by atoms with E-state index in [0.29, 0.717) is 35.6 Å². The largest absolute Gasteiger partial charge is 0.493 e. The highest BCUT2D eigenvalue weighted by Gasteiger charge is 2.18. The lowest BCUT2D eigenvalue weighted by molar-refractivity contribution is -0.117. The van der Waals surface area contributed by atoms with Gasteiger partial charge in [0, 0.05) is 29.2 Å². The maximum absolute atomic E-state index is 13.3. The van der Waals surface area contributed by atoms with Crippen molar-refractivity contribution in [1.82, 2.24) is 15.6 Å². The van der Waals surface area contributed by atoms with Crippen molar-refractivity contribution in [3.63, 3.8) is 0 Å². The third-order valence-corrected chi connectivity index (χ3v) is 6.58. The number of methoxy groups -OCH3 is 2. The number of para-hydroxylation sites is 1. The maximum Gasteiger partial charge on any atom is 0.267 e. The van der Waals surface area contributed by atoms with Gasteiger partial charge in [-0.3, -0.25) is 9.59 Å². The Labute approximate surface area is 229 Å². The van der Waals surface area contributed by atoms with E-state index in [1.165, 1.54) is 0 Å². The summed E-state index contributed by atoms with van der Waals surface area (Å²) in [4.78, 5) is 29.7. The minimum Gasteiger partial charge on any atom is -0.493 e. The minimum absolute atomic E-state index is 0.0296. The van der Waals surface area contributed by atoms with Crippen LogP contribution < -0.4 is 20.1 Å². The number of nitrogens with one attached hydrogen (secondary N) is 3. The molecule has 0 atom stereocenters. The molecule has 0 saturated carbocycles. The first-order valence-electron chi connectivity index (χ1n) is 12.9. The zero-order chi connectivity index (χ0) is 28.0. The molecular weight excluding hydrogens is 490 g/mol. The topological polar surface area (TPSA) is 92.5 Å². The predicted octanol–water partition coefficient (Wildman–Crippen LogP) is 5.61. The van der Waals surface area contributed by atoms with Crippen molar-refractivity contribution in [1.29, 1.82) is 0 Å². The van der Waals surface area contributed by atoms with Gasteiger partial charge in [-0.1, -0.05) is 57.2 Å². The fraction of sp³-hybridized carbons (Fsp3) is 0.250. The number of hydrogen-bond acceptors (Lipinski definition) is 4. The lowest BCUT2D eigenvalue weighted by atomic mass is 9.87. The smallest absolute Gasteiger partial charge is 0.267 e. The van der Waals surface area contributed by atoms with Crippen LogP contribution in [0.5, 0.6) is 11.5 Å². The van der Waals surface area contributed by atoms with Crippen molar-refractivity contribution in [2.24, 2.45) is 0 Å². The molecule has 0 bridgehead atoms. The highest BCUT2D eigenvalue weighted by atomic mass is 16.5. The number of H-pyrrole nitrogens is 1. The van der Waals surface area contributed by atoms with Crippen LogP contribution in [0.1, 0.15) is 47.8 Å². The summed E-state index contributed by atoms with van der Waals surface area (Å²) in [6.07, 6.45) is 4.23. The molecule has 3 aromatic carbocycles. The molecule has 1 aromatic heterocycles. The van der Waals surface area contributed by atoms with Gasteiger partial charge in [-0.15, -0.1) is 0 Å². The van der Waals surface area contributed by atoms with Gasteiger partial charge in [-0.25, -0.2) is 0 Å². The second kappa shape index (κ2) is 11.9. The standard InChI is InChI=1S/C32H35N3O4/c1-32(2,3)24-13-11-22(12-14-24)30(36)35-27(18-21-10-15-28(38-4)29(19-21)39-5)31(37)33-17-16-23-20-34-26-9-7-6-8-25(23)26/h6-15,18-20,34H,16-17H2,1-5H3,(H,33,37)(H,35,36)/b27-18-. The normalized spacial score (nSPS) is 11.8.